The molecule has 0 N–H and O–H groups in total. The fourth-order valence-corrected chi connectivity index (χ4v) is 2.50. The van der Waals surface area contributed by atoms with E-state index in [0.717, 1.165) is 11.0 Å². The Morgan fingerprint density at radius 3 is 2.47 bits per heavy atom. The van der Waals surface area contributed by atoms with Gasteiger partial charge in [-0.25, -0.2) is 0 Å². The summed E-state index contributed by atoms with van der Waals surface area (Å²) in [6.45, 7) is 5.87. The maximum absolute atomic E-state index is 12.1. The molecule has 0 spiro atoms. The maximum Gasteiger partial charge on any atom is 0.421 e. The van der Waals surface area contributed by atoms with Gasteiger partial charge >= 0.3 is 13.3 Å². The Balaban J connectivity index is 2.50. The molecule has 0 radical (unpaired) electrons. The molecule has 1 aromatic heterocycles. The maximum atomic E-state index is 12.1. The zero-order valence-corrected chi connectivity index (χ0v) is 10.0. The van der Waals surface area contributed by atoms with E-state index in [2.05, 4.69) is 0 Å². The lowest BCUT2D eigenvalue weighted by Crippen LogP contribution is -2.13. The van der Waals surface area contributed by atoms with E-state index in [1.54, 1.807) is 0 Å². The molecule has 2 rings (SSSR count). The van der Waals surface area contributed by atoms with Crippen LogP contribution in [0.3, 0.4) is 0 Å². The molecule has 1 aromatic carbocycles. The first-order valence-electron chi connectivity index (χ1n) is 4.94. The number of para-hydroxylation sites is 1. The summed E-state index contributed by atoms with van der Waals surface area (Å²) in [5.74, 6) is 0. The predicted molar refractivity (Wildman–Crippen MR) is 63.2 cm³/mol. The molecule has 1 atom stereocenters. The zero-order valence-electron chi connectivity index (χ0n) is 9.15. The monoisotopic (exact) mass is 221 g/mol. The summed E-state index contributed by atoms with van der Waals surface area (Å²) < 4.78 is 17.7. The van der Waals surface area contributed by atoms with Crippen molar-refractivity contribution in [3.05, 3.63) is 30.3 Å². The summed E-state index contributed by atoms with van der Waals surface area (Å²) in [5, 5.41) is 0.767. The molecule has 78 valence electrons. The first-order chi connectivity index (χ1) is 6.98. The fourth-order valence-electron chi connectivity index (χ4n) is 1.40. The van der Waals surface area contributed by atoms with Gasteiger partial charge in [-0.05, 0) is 26.8 Å². The number of furan rings is 1. The molecule has 0 aliphatic carbocycles. The van der Waals surface area contributed by atoms with Crippen molar-refractivity contribution in [3.8, 4) is 0 Å². The molecule has 15 heavy (non-hydrogen) atoms. The van der Waals surface area contributed by atoms with Gasteiger partial charge in [0.05, 0.1) is 0 Å². The molecule has 2 aromatic rings. The van der Waals surface area contributed by atoms with Crippen molar-refractivity contribution >= 4 is 24.3 Å². The summed E-state index contributed by atoms with van der Waals surface area (Å²) in [6, 6.07) is 9.60. The van der Waals surface area contributed by atoms with Crippen molar-refractivity contribution in [1.82, 2.24) is 0 Å². The topological polar surface area (TPSA) is 30.2 Å². The van der Waals surface area contributed by atoms with Gasteiger partial charge in [0.1, 0.15) is 5.58 Å². The molecule has 0 fully saturated rings. The summed E-state index contributed by atoms with van der Waals surface area (Å²) in [5.41, 5.74) is 1.40. The van der Waals surface area contributed by atoms with E-state index in [9.17, 15) is 4.57 Å². The minimum atomic E-state index is -1.48. The highest BCUT2D eigenvalue weighted by Gasteiger charge is 2.39. The van der Waals surface area contributed by atoms with Crippen LogP contribution >= 0.6 is 7.80 Å². The van der Waals surface area contributed by atoms with Gasteiger partial charge in [-0.1, -0.05) is 22.8 Å². The minimum absolute atomic E-state index is 0.247. The van der Waals surface area contributed by atoms with Gasteiger partial charge in [0.15, 0.2) is 5.16 Å². The average molecular weight is 221 g/mol. The number of hydrogen-bond donors (Lipinski definition) is 0. The van der Waals surface area contributed by atoms with E-state index in [-0.39, 0.29) is 5.16 Å². The fraction of sp³-hybridized carbons (Fsp3) is 0.333. The lowest BCUT2D eigenvalue weighted by molar-refractivity contribution is 0.560. The molecule has 0 saturated carbocycles. The highest BCUT2D eigenvalue weighted by Crippen LogP contribution is 2.38. The average Bonchev–Trinajstić information content (AvgIpc) is 2.58. The second-order valence-electron chi connectivity index (χ2n) is 4.59. The van der Waals surface area contributed by atoms with Crippen molar-refractivity contribution in [2.45, 2.75) is 25.9 Å². The number of fused-ring (bicyclic) bond motifs is 1. The molecule has 0 amide bonds. The Morgan fingerprint density at radius 1 is 1.20 bits per heavy atom. The van der Waals surface area contributed by atoms with E-state index in [1.165, 1.54) is 0 Å². The van der Waals surface area contributed by atoms with Crippen molar-refractivity contribution < 1.29 is 8.98 Å². The van der Waals surface area contributed by atoms with Crippen LogP contribution in [0.25, 0.3) is 11.0 Å². The largest absolute Gasteiger partial charge is 0.421 e. The van der Waals surface area contributed by atoms with Gasteiger partial charge in [-0.2, -0.15) is 0 Å². The van der Waals surface area contributed by atoms with Gasteiger partial charge in [-0.3, -0.25) is 0 Å². The first-order valence-corrected chi connectivity index (χ1v) is 6.20. The third-order valence-electron chi connectivity index (χ3n) is 2.22. The summed E-state index contributed by atoms with van der Waals surface area (Å²) >= 11 is 0. The summed E-state index contributed by atoms with van der Waals surface area (Å²) in [6.07, 6.45) is 0. The molecule has 0 aliphatic heterocycles. The molecular formula is C12H14O2P+. The molecular weight excluding hydrogens is 207 g/mol. The first kappa shape index (κ1) is 10.4. The summed E-state index contributed by atoms with van der Waals surface area (Å²) in [7, 11) is -1.48. The second kappa shape index (κ2) is 3.46. The van der Waals surface area contributed by atoms with Gasteiger partial charge in [0.2, 0.25) is 0 Å². The Hall–Kier alpha value is -1.14. The summed E-state index contributed by atoms with van der Waals surface area (Å²) in [4.78, 5) is 0. The second-order valence-corrected chi connectivity index (χ2v) is 6.96. The van der Waals surface area contributed by atoms with Crippen LogP contribution in [-0.4, -0.2) is 5.16 Å². The van der Waals surface area contributed by atoms with Crippen LogP contribution in [0.1, 0.15) is 20.8 Å². The van der Waals surface area contributed by atoms with E-state index >= 15 is 0 Å². The molecule has 1 heterocycles. The molecule has 0 saturated heterocycles. The number of hydrogen-bond acceptors (Lipinski definition) is 2. The van der Waals surface area contributed by atoms with Crippen LogP contribution in [0, 0.1) is 0 Å². The van der Waals surface area contributed by atoms with Crippen LogP contribution < -0.4 is 5.50 Å². The van der Waals surface area contributed by atoms with Gasteiger partial charge in [0, 0.05) is 11.5 Å². The SMILES string of the molecule is CC(C)(C)[P+](=O)c1cc2ccccc2o1. The van der Waals surface area contributed by atoms with E-state index in [0.29, 0.717) is 5.50 Å². The van der Waals surface area contributed by atoms with Crippen LogP contribution in [-0.2, 0) is 4.57 Å². The van der Waals surface area contributed by atoms with E-state index in [1.807, 2.05) is 51.1 Å². The lowest BCUT2D eigenvalue weighted by Gasteiger charge is -2.01. The smallest absolute Gasteiger partial charge is 0.418 e. The highest BCUT2D eigenvalue weighted by molar-refractivity contribution is 7.54. The Bertz CT molecular complexity index is 473. The molecule has 0 aliphatic rings. The third kappa shape index (κ3) is 1.95. The van der Waals surface area contributed by atoms with Crippen LogP contribution in [0.15, 0.2) is 34.7 Å². The zero-order chi connectivity index (χ0) is 11.1. The van der Waals surface area contributed by atoms with Crippen molar-refractivity contribution in [2.75, 3.05) is 0 Å². The lowest BCUT2D eigenvalue weighted by atomic mass is 10.3. The third-order valence-corrected chi connectivity index (χ3v) is 4.06. The van der Waals surface area contributed by atoms with Gasteiger partial charge < -0.3 is 4.42 Å². The quantitative estimate of drug-likeness (QED) is 0.687. The Labute approximate surface area is 90.1 Å². The van der Waals surface area contributed by atoms with Crippen molar-refractivity contribution in [2.24, 2.45) is 0 Å². The minimum Gasteiger partial charge on any atom is -0.418 e. The molecule has 2 nitrogen and oxygen atoms in total. The normalized spacial score (nSPS) is 13.1. The number of rotatable bonds is 1. The Kier molecular flexibility index (Phi) is 2.40. The molecule has 1 unspecified atom stereocenters. The van der Waals surface area contributed by atoms with Gasteiger partial charge in [0.25, 0.3) is 0 Å². The standard InChI is InChI=1S/C12H14O2P/c1-12(2,3)15(13)11-8-9-6-4-5-7-10(9)14-11/h4-8H,1-3H3/q+1. The van der Waals surface area contributed by atoms with Gasteiger partial charge in [-0.15, -0.1) is 0 Å². The van der Waals surface area contributed by atoms with Crippen molar-refractivity contribution in [1.29, 1.82) is 0 Å². The van der Waals surface area contributed by atoms with Crippen LogP contribution in [0.5, 0.6) is 0 Å². The molecule has 3 heteroatoms. The molecule has 0 bridgehead atoms. The Morgan fingerprint density at radius 2 is 1.87 bits per heavy atom. The number of benzene rings is 1. The van der Waals surface area contributed by atoms with Crippen LogP contribution in [0.4, 0.5) is 0 Å². The van der Waals surface area contributed by atoms with E-state index in [4.69, 9.17) is 4.42 Å². The predicted octanol–water partition coefficient (Wildman–Crippen LogP) is 3.68. The van der Waals surface area contributed by atoms with Crippen molar-refractivity contribution in [3.63, 3.8) is 0 Å². The highest BCUT2D eigenvalue weighted by atomic mass is 31.1. The van der Waals surface area contributed by atoms with Crippen LogP contribution in [0.2, 0.25) is 0 Å². The van der Waals surface area contributed by atoms with E-state index < -0.39 is 7.80 Å².